The van der Waals surface area contributed by atoms with Gasteiger partial charge in [-0.25, -0.2) is 4.98 Å². The Labute approximate surface area is 176 Å². The number of aromatic nitrogens is 2. The first kappa shape index (κ1) is 20.0. The van der Waals surface area contributed by atoms with Gasteiger partial charge in [0.15, 0.2) is 11.7 Å². The molecule has 30 heavy (non-hydrogen) atoms. The van der Waals surface area contributed by atoms with E-state index in [4.69, 9.17) is 9.41 Å². The van der Waals surface area contributed by atoms with Crippen LogP contribution in [-0.2, 0) is 6.54 Å². The van der Waals surface area contributed by atoms with E-state index < -0.39 is 0 Å². The molecular weight excluding hydrogens is 380 g/mol. The molecule has 0 radical (unpaired) electrons. The summed E-state index contributed by atoms with van der Waals surface area (Å²) in [6, 6.07) is 11.6. The van der Waals surface area contributed by atoms with Crippen molar-refractivity contribution in [3.63, 3.8) is 0 Å². The number of para-hydroxylation sites is 2. The SMILES string of the molecule is CCNC(=NCCn1c(C)nc2ccccc21)N1CCN(C(=O)c2ccco2)CC1. The molecule has 3 heterocycles. The Morgan fingerprint density at radius 1 is 1.13 bits per heavy atom. The van der Waals surface area contributed by atoms with Crippen molar-refractivity contribution >= 4 is 22.9 Å². The fraction of sp³-hybridized carbons (Fsp3) is 0.409. The van der Waals surface area contributed by atoms with Crippen LogP contribution in [0.3, 0.4) is 0 Å². The van der Waals surface area contributed by atoms with Crippen LogP contribution in [0.1, 0.15) is 23.3 Å². The van der Waals surface area contributed by atoms with Crippen molar-refractivity contribution in [2.24, 2.45) is 4.99 Å². The van der Waals surface area contributed by atoms with Crippen molar-refractivity contribution in [1.29, 1.82) is 0 Å². The molecule has 1 aromatic carbocycles. The van der Waals surface area contributed by atoms with E-state index in [1.54, 1.807) is 12.1 Å². The summed E-state index contributed by atoms with van der Waals surface area (Å²) in [4.78, 5) is 26.0. The molecule has 1 aliphatic rings. The van der Waals surface area contributed by atoms with E-state index in [1.165, 1.54) is 6.26 Å². The minimum Gasteiger partial charge on any atom is -0.459 e. The molecule has 1 saturated heterocycles. The van der Waals surface area contributed by atoms with Crippen LogP contribution in [0.15, 0.2) is 52.1 Å². The summed E-state index contributed by atoms with van der Waals surface area (Å²) < 4.78 is 7.45. The van der Waals surface area contributed by atoms with E-state index in [9.17, 15) is 4.79 Å². The van der Waals surface area contributed by atoms with Crippen molar-refractivity contribution in [1.82, 2.24) is 24.7 Å². The van der Waals surface area contributed by atoms with Gasteiger partial charge in [0, 0.05) is 39.3 Å². The molecule has 0 bridgehead atoms. The molecule has 1 amide bonds. The number of carbonyl (C=O) groups excluding carboxylic acids is 1. The molecule has 8 heteroatoms. The summed E-state index contributed by atoms with van der Waals surface area (Å²) in [5, 5.41) is 3.38. The highest BCUT2D eigenvalue weighted by molar-refractivity contribution is 5.91. The average molecular weight is 409 g/mol. The maximum Gasteiger partial charge on any atom is 0.289 e. The van der Waals surface area contributed by atoms with Crippen LogP contribution in [0.2, 0.25) is 0 Å². The molecule has 0 aliphatic carbocycles. The topological polar surface area (TPSA) is 78.9 Å². The molecule has 1 aliphatic heterocycles. The van der Waals surface area contributed by atoms with Crippen molar-refractivity contribution in [2.45, 2.75) is 20.4 Å². The molecule has 8 nitrogen and oxygen atoms in total. The molecule has 2 aromatic heterocycles. The van der Waals surface area contributed by atoms with E-state index in [0.717, 1.165) is 49.0 Å². The first-order valence-corrected chi connectivity index (χ1v) is 10.4. The summed E-state index contributed by atoms with van der Waals surface area (Å²) in [7, 11) is 0. The Bertz CT molecular complexity index is 1020. The number of fused-ring (bicyclic) bond motifs is 1. The van der Waals surface area contributed by atoms with E-state index >= 15 is 0 Å². The van der Waals surface area contributed by atoms with Gasteiger partial charge >= 0.3 is 0 Å². The Morgan fingerprint density at radius 3 is 2.63 bits per heavy atom. The van der Waals surface area contributed by atoms with Gasteiger partial charge in [0.25, 0.3) is 5.91 Å². The van der Waals surface area contributed by atoms with Crippen molar-refractivity contribution in [3.8, 4) is 0 Å². The van der Waals surface area contributed by atoms with Gasteiger partial charge in [-0.3, -0.25) is 9.79 Å². The van der Waals surface area contributed by atoms with Gasteiger partial charge in [-0.15, -0.1) is 0 Å². The van der Waals surface area contributed by atoms with Crippen molar-refractivity contribution in [3.05, 3.63) is 54.2 Å². The third-order valence-electron chi connectivity index (χ3n) is 5.36. The van der Waals surface area contributed by atoms with E-state index in [2.05, 4.69) is 32.8 Å². The maximum atomic E-state index is 12.5. The highest BCUT2D eigenvalue weighted by Gasteiger charge is 2.25. The van der Waals surface area contributed by atoms with Crippen LogP contribution >= 0.6 is 0 Å². The number of carbonyl (C=O) groups is 1. The lowest BCUT2D eigenvalue weighted by Gasteiger charge is -2.36. The first-order chi connectivity index (χ1) is 14.7. The second kappa shape index (κ2) is 9.02. The Kier molecular flexibility index (Phi) is 6.02. The molecule has 0 saturated carbocycles. The number of imidazole rings is 1. The number of hydrogen-bond donors (Lipinski definition) is 1. The van der Waals surface area contributed by atoms with Crippen LogP contribution in [0, 0.1) is 6.92 Å². The number of amides is 1. The average Bonchev–Trinajstić information content (AvgIpc) is 3.41. The number of benzene rings is 1. The molecule has 158 valence electrons. The van der Waals surface area contributed by atoms with Crippen molar-refractivity contribution in [2.75, 3.05) is 39.3 Å². The van der Waals surface area contributed by atoms with Gasteiger partial charge in [-0.05, 0) is 38.1 Å². The van der Waals surface area contributed by atoms with Gasteiger partial charge in [0.1, 0.15) is 5.82 Å². The molecule has 0 unspecified atom stereocenters. The molecule has 4 rings (SSSR count). The minimum atomic E-state index is -0.0518. The molecule has 0 atom stereocenters. The lowest BCUT2D eigenvalue weighted by Crippen LogP contribution is -2.53. The molecule has 3 aromatic rings. The molecule has 0 spiro atoms. The predicted molar refractivity (Wildman–Crippen MR) is 117 cm³/mol. The quantitative estimate of drug-likeness (QED) is 0.518. The number of hydrogen-bond acceptors (Lipinski definition) is 4. The van der Waals surface area contributed by atoms with E-state index in [1.807, 2.05) is 30.0 Å². The molecule has 1 fully saturated rings. The lowest BCUT2D eigenvalue weighted by molar-refractivity contribution is 0.0657. The number of rotatable bonds is 5. The summed E-state index contributed by atoms with van der Waals surface area (Å²) in [5.41, 5.74) is 2.16. The number of nitrogens with zero attached hydrogens (tertiary/aromatic N) is 5. The molecular formula is C22H28N6O2. The zero-order valence-corrected chi connectivity index (χ0v) is 17.5. The van der Waals surface area contributed by atoms with Gasteiger partial charge in [-0.2, -0.15) is 0 Å². The summed E-state index contributed by atoms with van der Waals surface area (Å²) in [5.74, 6) is 2.24. The largest absolute Gasteiger partial charge is 0.459 e. The van der Waals surface area contributed by atoms with Gasteiger partial charge in [0.2, 0.25) is 0 Å². The second-order valence-electron chi connectivity index (χ2n) is 7.29. The third kappa shape index (κ3) is 4.17. The monoisotopic (exact) mass is 408 g/mol. The van der Waals surface area contributed by atoms with Crippen LogP contribution in [0.25, 0.3) is 11.0 Å². The highest BCUT2D eigenvalue weighted by Crippen LogP contribution is 2.15. The van der Waals surface area contributed by atoms with E-state index in [-0.39, 0.29) is 5.91 Å². The van der Waals surface area contributed by atoms with Crippen LogP contribution in [0.5, 0.6) is 0 Å². The minimum absolute atomic E-state index is 0.0518. The number of aliphatic imine (C=N–C) groups is 1. The smallest absolute Gasteiger partial charge is 0.289 e. The Balaban J connectivity index is 1.38. The fourth-order valence-electron chi connectivity index (χ4n) is 3.84. The van der Waals surface area contributed by atoms with E-state index in [0.29, 0.717) is 25.4 Å². The maximum absolute atomic E-state index is 12.5. The van der Waals surface area contributed by atoms with Gasteiger partial charge in [-0.1, -0.05) is 12.1 Å². The van der Waals surface area contributed by atoms with Gasteiger partial charge < -0.3 is 24.1 Å². The highest BCUT2D eigenvalue weighted by atomic mass is 16.3. The van der Waals surface area contributed by atoms with Crippen molar-refractivity contribution < 1.29 is 9.21 Å². The second-order valence-corrected chi connectivity index (χ2v) is 7.29. The normalized spacial score (nSPS) is 15.1. The number of aryl methyl sites for hydroxylation is 1. The summed E-state index contributed by atoms with van der Waals surface area (Å²) in [6.07, 6.45) is 1.53. The number of nitrogens with one attached hydrogen (secondary N) is 1. The Morgan fingerprint density at radius 2 is 1.90 bits per heavy atom. The van der Waals surface area contributed by atoms with Crippen LogP contribution in [0.4, 0.5) is 0 Å². The van der Waals surface area contributed by atoms with Crippen LogP contribution < -0.4 is 5.32 Å². The first-order valence-electron chi connectivity index (χ1n) is 10.4. The zero-order chi connectivity index (χ0) is 20.9. The standard InChI is InChI=1S/C22H28N6O2/c1-3-23-22(24-10-11-28-17(2)25-18-7-4-5-8-19(18)28)27-14-12-26(13-15-27)21(29)20-9-6-16-30-20/h4-9,16H,3,10-15H2,1-2H3,(H,23,24). The zero-order valence-electron chi connectivity index (χ0n) is 17.5. The number of guanidine groups is 1. The number of furan rings is 1. The molecule has 1 N–H and O–H groups in total. The van der Waals surface area contributed by atoms with Crippen LogP contribution in [-0.4, -0.2) is 70.5 Å². The number of piperazine rings is 1. The fourth-order valence-corrected chi connectivity index (χ4v) is 3.84. The predicted octanol–water partition coefficient (Wildman–Crippen LogP) is 2.36. The lowest BCUT2D eigenvalue weighted by atomic mass is 10.3. The third-order valence-corrected chi connectivity index (χ3v) is 5.36. The van der Waals surface area contributed by atoms with Gasteiger partial charge in [0.05, 0.1) is 23.8 Å². The summed E-state index contributed by atoms with van der Waals surface area (Å²) >= 11 is 0. The summed E-state index contributed by atoms with van der Waals surface area (Å²) in [6.45, 7) is 9.12. The Hall–Kier alpha value is -3.29.